The van der Waals surface area contributed by atoms with E-state index < -0.39 is 15.8 Å². The summed E-state index contributed by atoms with van der Waals surface area (Å²) in [7, 11) is -3.34. The minimum atomic E-state index is -3.34. The van der Waals surface area contributed by atoms with Crippen molar-refractivity contribution in [3.8, 4) is 11.5 Å². The van der Waals surface area contributed by atoms with Crippen molar-refractivity contribution in [3.05, 3.63) is 17.7 Å². The lowest BCUT2D eigenvalue weighted by Gasteiger charge is -2.03. The topological polar surface area (TPSA) is 84.0 Å². The van der Waals surface area contributed by atoms with Gasteiger partial charge in [-0.2, -0.15) is 0 Å². The molecule has 1 aliphatic heterocycles. The maximum atomic E-state index is 11.5. The van der Waals surface area contributed by atoms with Crippen LogP contribution in [0.5, 0.6) is 11.5 Å². The number of aliphatic carboxylic acids is 1. The molecule has 0 radical (unpaired) electrons. The Balaban J connectivity index is 2.40. The van der Waals surface area contributed by atoms with E-state index in [0.717, 1.165) is 6.26 Å². The summed E-state index contributed by atoms with van der Waals surface area (Å²) in [5, 5.41) is 8.59. The van der Waals surface area contributed by atoms with E-state index in [2.05, 4.69) is 0 Å². The SMILES string of the molecule is CS(=O)(=O)c1ccc2c(c1CCC(=O)O)O2. The quantitative estimate of drug-likeness (QED) is 0.815. The zero-order chi connectivity index (χ0) is 11.9. The summed E-state index contributed by atoms with van der Waals surface area (Å²) < 4.78 is 28.0. The van der Waals surface area contributed by atoms with Crippen molar-refractivity contribution in [2.24, 2.45) is 0 Å². The number of fused-ring (bicyclic) bond motifs is 1. The molecule has 0 bridgehead atoms. The molecule has 1 N–H and O–H groups in total. The van der Waals surface area contributed by atoms with Gasteiger partial charge in [-0.15, -0.1) is 0 Å². The Morgan fingerprint density at radius 3 is 2.69 bits per heavy atom. The molecular weight excluding hydrogens is 232 g/mol. The van der Waals surface area contributed by atoms with E-state index in [-0.39, 0.29) is 17.7 Å². The predicted octanol–water partition coefficient (Wildman–Crippen LogP) is 1.21. The molecule has 0 spiro atoms. The first-order valence-electron chi connectivity index (χ1n) is 4.65. The minimum absolute atomic E-state index is 0.109. The Kier molecular flexibility index (Phi) is 2.38. The van der Waals surface area contributed by atoms with E-state index in [9.17, 15) is 13.2 Å². The number of carbonyl (C=O) groups is 1. The van der Waals surface area contributed by atoms with Crippen LogP contribution < -0.4 is 4.74 Å². The molecular formula is C10H10O5S. The Hall–Kier alpha value is -1.56. The fraction of sp³-hybridized carbons (Fsp3) is 0.300. The number of carboxylic acids is 1. The van der Waals surface area contributed by atoms with Gasteiger partial charge in [-0.1, -0.05) is 0 Å². The monoisotopic (exact) mass is 242 g/mol. The highest BCUT2D eigenvalue weighted by atomic mass is 32.2. The third-order valence-corrected chi connectivity index (χ3v) is 3.52. The van der Waals surface area contributed by atoms with Crippen molar-refractivity contribution >= 4 is 15.8 Å². The van der Waals surface area contributed by atoms with E-state index in [0.29, 0.717) is 17.1 Å². The van der Waals surface area contributed by atoms with Crippen molar-refractivity contribution in [2.75, 3.05) is 6.26 Å². The molecule has 1 heterocycles. The molecule has 5 nitrogen and oxygen atoms in total. The van der Waals surface area contributed by atoms with Gasteiger partial charge in [0.1, 0.15) is 0 Å². The van der Waals surface area contributed by atoms with Crippen molar-refractivity contribution in [3.63, 3.8) is 0 Å². The second kappa shape index (κ2) is 3.48. The molecule has 0 aliphatic carbocycles. The highest BCUT2D eigenvalue weighted by Gasteiger charge is 2.29. The molecule has 6 heteroatoms. The van der Waals surface area contributed by atoms with Crippen molar-refractivity contribution in [1.82, 2.24) is 0 Å². The van der Waals surface area contributed by atoms with Gasteiger partial charge in [0, 0.05) is 18.2 Å². The van der Waals surface area contributed by atoms with Crippen LogP contribution in [-0.2, 0) is 21.1 Å². The maximum Gasteiger partial charge on any atom is 0.303 e. The van der Waals surface area contributed by atoms with Gasteiger partial charge in [0.05, 0.1) is 4.90 Å². The Labute approximate surface area is 92.6 Å². The molecule has 0 fully saturated rings. The normalized spacial score (nSPS) is 12.8. The first-order valence-corrected chi connectivity index (χ1v) is 6.54. The van der Waals surface area contributed by atoms with E-state index in [1.807, 2.05) is 0 Å². The number of carboxylic acid groups (broad SMARTS) is 1. The molecule has 0 unspecified atom stereocenters. The first-order chi connectivity index (χ1) is 7.39. The van der Waals surface area contributed by atoms with Crippen LogP contribution in [0.3, 0.4) is 0 Å². The molecule has 2 rings (SSSR count). The lowest BCUT2D eigenvalue weighted by atomic mass is 10.1. The Bertz CT molecular complexity index is 559. The van der Waals surface area contributed by atoms with Gasteiger partial charge in [-0.3, -0.25) is 4.79 Å². The van der Waals surface area contributed by atoms with Gasteiger partial charge in [0.15, 0.2) is 21.3 Å². The Morgan fingerprint density at radius 2 is 2.12 bits per heavy atom. The average molecular weight is 242 g/mol. The van der Waals surface area contributed by atoms with E-state index in [1.54, 1.807) is 6.07 Å². The number of ether oxygens (including phenoxy) is 1. The van der Waals surface area contributed by atoms with Crippen LogP contribution in [0.4, 0.5) is 0 Å². The van der Waals surface area contributed by atoms with Crippen molar-refractivity contribution < 1.29 is 23.1 Å². The Morgan fingerprint density at radius 1 is 1.44 bits per heavy atom. The zero-order valence-electron chi connectivity index (χ0n) is 8.56. The van der Waals surface area contributed by atoms with E-state index in [1.165, 1.54) is 6.07 Å². The third kappa shape index (κ3) is 2.01. The second-order valence-corrected chi connectivity index (χ2v) is 5.62. The fourth-order valence-corrected chi connectivity index (χ4v) is 2.54. The van der Waals surface area contributed by atoms with Crippen LogP contribution in [0.15, 0.2) is 17.0 Å². The molecule has 0 saturated carbocycles. The first kappa shape index (κ1) is 10.9. The summed E-state index contributed by atoms with van der Waals surface area (Å²) in [5.41, 5.74) is 0.474. The van der Waals surface area contributed by atoms with E-state index in [4.69, 9.17) is 9.84 Å². The summed E-state index contributed by atoms with van der Waals surface area (Å²) in [5.74, 6) is 0.190. The number of rotatable bonds is 4. The van der Waals surface area contributed by atoms with Gasteiger partial charge in [0.25, 0.3) is 0 Å². The smallest absolute Gasteiger partial charge is 0.303 e. The summed E-state index contributed by atoms with van der Waals surface area (Å²) in [6, 6.07) is 3.04. The standard InChI is InChI=1S/C10H10O5S/c1-16(13,14)8-4-3-7-10(15-7)6(8)2-5-9(11)12/h3-4H,2,5H2,1H3,(H,11,12). The molecule has 86 valence electrons. The number of hydrogen-bond acceptors (Lipinski definition) is 4. The highest BCUT2D eigenvalue weighted by Crippen LogP contribution is 2.50. The minimum Gasteiger partial charge on any atom is -0.481 e. The van der Waals surface area contributed by atoms with Crippen LogP contribution in [0, 0.1) is 0 Å². The van der Waals surface area contributed by atoms with Crippen LogP contribution >= 0.6 is 0 Å². The molecule has 1 aromatic rings. The summed E-state index contributed by atoms with van der Waals surface area (Å²) in [4.78, 5) is 10.6. The molecule has 0 aromatic heterocycles. The second-order valence-electron chi connectivity index (χ2n) is 3.64. The third-order valence-electron chi connectivity index (χ3n) is 2.34. The summed E-state index contributed by atoms with van der Waals surface area (Å²) in [6.07, 6.45) is 1.16. The fourth-order valence-electron chi connectivity index (χ4n) is 1.58. The maximum absolute atomic E-state index is 11.5. The van der Waals surface area contributed by atoms with Crippen LogP contribution in [0.1, 0.15) is 12.0 Å². The van der Waals surface area contributed by atoms with Crippen LogP contribution in [0.2, 0.25) is 0 Å². The molecule has 0 atom stereocenters. The molecule has 1 aliphatic rings. The predicted molar refractivity (Wildman–Crippen MR) is 55.6 cm³/mol. The average Bonchev–Trinajstić information content (AvgIpc) is 2.90. The van der Waals surface area contributed by atoms with E-state index >= 15 is 0 Å². The summed E-state index contributed by atoms with van der Waals surface area (Å²) in [6.45, 7) is 0. The largest absolute Gasteiger partial charge is 0.481 e. The van der Waals surface area contributed by atoms with Gasteiger partial charge >= 0.3 is 5.97 Å². The van der Waals surface area contributed by atoms with Gasteiger partial charge in [-0.05, 0) is 18.6 Å². The lowest BCUT2D eigenvalue weighted by Crippen LogP contribution is -2.04. The molecule has 0 amide bonds. The number of hydrogen-bond donors (Lipinski definition) is 1. The van der Waals surface area contributed by atoms with Gasteiger partial charge in [-0.25, -0.2) is 8.42 Å². The number of benzene rings is 1. The molecule has 16 heavy (non-hydrogen) atoms. The lowest BCUT2D eigenvalue weighted by molar-refractivity contribution is -0.136. The van der Waals surface area contributed by atoms with Gasteiger partial charge in [0.2, 0.25) is 0 Å². The van der Waals surface area contributed by atoms with Crippen molar-refractivity contribution in [1.29, 1.82) is 0 Å². The number of sulfone groups is 1. The highest BCUT2D eigenvalue weighted by molar-refractivity contribution is 7.90. The molecule has 0 saturated heterocycles. The van der Waals surface area contributed by atoms with Crippen LogP contribution in [0.25, 0.3) is 0 Å². The van der Waals surface area contributed by atoms with Crippen LogP contribution in [-0.4, -0.2) is 25.7 Å². The zero-order valence-corrected chi connectivity index (χ0v) is 9.37. The van der Waals surface area contributed by atoms with Crippen molar-refractivity contribution in [2.45, 2.75) is 17.7 Å². The summed E-state index contributed by atoms with van der Waals surface area (Å²) >= 11 is 0. The van der Waals surface area contributed by atoms with Gasteiger partial charge < -0.3 is 9.84 Å². The molecule has 1 aromatic carbocycles.